The van der Waals surface area contributed by atoms with Gasteiger partial charge < -0.3 is 5.32 Å². The fourth-order valence-electron chi connectivity index (χ4n) is 2.47. The van der Waals surface area contributed by atoms with E-state index in [2.05, 4.69) is 42.7 Å². The Hall–Kier alpha value is -0.820. The molecule has 0 radical (unpaired) electrons. The lowest BCUT2D eigenvalue weighted by atomic mass is 10.0. The summed E-state index contributed by atoms with van der Waals surface area (Å²) in [5.74, 6) is 1.07. The summed E-state index contributed by atoms with van der Waals surface area (Å²) in [6.45, 7) is 0. The molecule has 1 atom stereocenters. The molecule has 1 heteroatoms. The van der Waals surface area contributed by atoms with Crippen molar-refractivity contribution in [1.29, 1.82) is 0 Å². The van der Waals surface area contributed by atoms with E-state index in [0.29, 0.717) is 0 Å². The molecule has 0 heterocycles. The zero-order chi connectivity index (χ0) is 11.9. The van der Waals surface area contributed by atoms with E-state index in [-0.39, 0.29) is 0 Å². The molecular weight excluding hydrogens is 206 g/mol. The minimum absolute atomic E-state index is 0.735. The van der Waals surface area contributed by atoms with Crippen LogP contribution in [0.1, 0.15) is 44.1 Å². The van der Waals surface area contributed by atoms with Crippen LogP contribution in [0.5, 0.6) is 0 Å². The molecule has 1 aliphatic rings. The van der Waals surface area contributed by atoms with Gasteiger partial charge >= 0.3 is 0 Å². The number of aryl methyl sites for hydroxylation is 1. The molecule has 17 heavy (non-hydrogen) atoms. The highest BCUT2D eigenvalue weighted by Crippen LogP contribution is 2.34. The molecule has 1 saturated carbocycles. The molecule has 0 spiro atoms. The van der Waals surface area contributed by atoms with Crippen molar-refractivity contribution in [2.75, 3.05) is 7.05 Å². The van der Waals surface area contributed by atoms with Crippen molar-refractivity contribution in [3.63, 3.8) is 0 Å². The van der Waals surface area contributed by atoms with Gasteiger partial charge in [-0.3, -0.25) is 0 Å². The molecule has 0 bridgehead atoms. The van der Waals surface area contributed by atoms with Gasteiger partial charge in [-0.05, 0) is 50.6 Å². The average molecular weight is 231 g/mol. The smallest absolute Gasteiger partial charge is 0.00642 e. The van der Waals surface area contributed by atoms with Crippen LogP contribution >= 0.6 is 0 Å². The van der Waals surface area contributed by atoms with Crippen LogP contribution in [0.15, 0.2) is 30.3 Å². The number of nitrogens with one attached hydrogen (secondary N) is 1. The highest BCUT2D eigenvalue weighted by Gasteiger charge is 2.21. The van der Waals surface area contributed by atoms with Crippen molar-refractivity contribution in [2.24, 2.45) is 5.92 Å². The predicted molar refractivity (Wildman–Crippen MR) is 74.2 cm³/mol. The lowest BCUT2D eigenvalue weighted by Gasteiger charge is -2.15. The van der Waals surface area contributed by atoms with E-state index in [1.165, 1.54) is 50.5 Å². The van der Waals surface area contributed by atoms with E-state index in [1.54, 1.807) is 0 Å². The van der Waals surface area contributed by atoms with Gasteiger partial charge in [0.15, 0.2) is 0 Å². The zero-order valence-corrected chi connectivity index (χ0v) is 11.0. The summed E-state index contributed by atoms with van der Waals surface area (Å²) in [6.07, 6.45) is 9.63. The third-order valence-electron chi connectivity index (χ3n) is 3.89. The molecule has 1 N–H and O–H groups in total. The molecule has 0 saturated heterocycles. The summed E-state index contributed by atoms with van der Waals surface area (Å²) in [7, 11) is 2.11. The summed E-state index contributed by atoms with van der Waals surface area (Å²) in [5, 5.41) is 3.47. The first kappa shape index (κ1) is 12.6. The third kappa shape index (κ3) is 4.91. The summed E-state index contributed by atoms with van der Waals surface area (Å²) < 4.78 is 0. The molecular formula is C16H25N. The SMILES string of the molecule is CNC(CCCc1ccccc1)CCC1CC1. The van der Waals surface area contributed by atoms with Gasteiger partial charge in [0.05, 0.1) is 0 Å². The van der Waals surface area contributed by atoms with Crippen molar-refractivity contribution in [2.45, 2.75) is 51.0 Å². The molecule has 0 aromatic heterocycles. The van der Waals surface area contributed by atoms with E-state index < -0.39 is 0 Å². The van der Waals surface area contributed by atoms with Crippen molar-refractivity contribution in [1.82, 2.24) is 5.32 Å². The summed E-state index contributed by atoms with van der Waals surface area (Å²) >= 11 is 0. The van der Waals surface area contributed by atoms with Crippen molar-refractivity contribution < 1.29 is 0 Å². The average Bonchev–Trinajstić information content (AvgIpc) is 3.19. The van der Waals surface area contributed by atoms with Crippen LogP contribution in [0.2, 0.25) is 0 Å². The maximum Gasteiger partial charge on any atom is 0.00642 e. The summed E-state index contributed by atoms with van der Waals surface area (Å²) in [4.78, 5) is 0. The minimum atomic E-state index is 0.735. The van der Waals surface area contributed by atoms with Crippen LogP contribution in [0.3, 0.4) is 0 Å². The molecule has 2 rings (SSSR count). The second kappa shape index (κ2) is 6.80. The van der Waals surface area contributed by atoms with Gasteiger partial charge in [0, 0.05) is 6.04 Å². The van der Waals surface area contributed by atoms with E-state index in [0.717, 1.165) is 12.0 Å². The Morgan fingerprint density at radius 2 is 1.94 bits per heavy atom. The van der Waals surface area contributed by atoms with Crippen molar-refractivity contribution in [3.8, 4) is 0 Å². The Labute approximate surface area is 106 Å². The van der Waals surface area contributed by atoms with Gasteiger partial charge in [-0.2, -0.15) is 0 Å². The first-order valence-corrected chi connectivity index (χ1v) is 7.09. The lowest BCUT2D eigenvalue weighted by Crippen LogP contribution is -2.25. The van der Waals surface area contributed by atoms with Gasteiger partial charge in [0.2, 0.25) is 0 Å². The van der Waals surface area contributed by atoms with Crippen LogP contribution in [0, 0.1) is 5.92 Å². The predicted octanol–water partition coefficient (Wildman–Crippen LogP) is 3.79. The highest BCUT2D eigenvalue weighted by atomic mass is 14.9. The van der Waals surface area contributed by atoms with Gasteiger partial charge in [0.1, 0.15) is 0 Å². The molecule has 1 aliphatic carbocycles. The Kier molecular flexibility index (Phi) is 5.06. The second-order valence-electron chi connectivity index (χ2n) is 5.38. The molecule has 94 valence electrons. The number of benzene rings is 1. The number of hydrogen-bond acceptors (Lipinski definition) is 1. The van der Waals surface area contributed by atoms with Crippen LogP contribution in [0.25, 0.3) is 0 Å². The Bertz CT molecular complexity index is 303. The maximum atomic E-state index is 3.47. The van der Waals surface area contributed by atoms with Gasteiger partial charge in [-0.15, -0.1) is 0 Å². The lowest BCUT2D eigenvalue weighted by molar-refractivity contribution is 0.449. The van der Waals surface area contributed by atoms with Gasteiger partial charge in [0.25, 0.3) is 0 Å². The van der Waals surface area contributed by atoms with Gasteiger partial charge in [-0.1, -0.05) is 43.2 Å². The van der Waals surface area contributed by atoms with Crippen LogP contribution < -0.4 is 5.32 Å². The first-order valence-electron chi connectivity index (χ1n) is 7.09. The Morgan fingerprint density at radius 3 is 2.59 bits per heavy atom. The zero-order valence-electron chi connectivity index (χ0n) is 11.0. The monoisotopic (exact) mass is 231 g/mol. The van der Waals surface area contributed by atoms with Crippen molar-refractivity contribution in [3.05, 3.63) is 35.9 Å². The normalized spacial score (nSPS) is 17.0. The molecule has 1 aromatic carbocycles. The Morgan fingerprint density at radius 1 is 1.18 bits per heavy atom. The van der Waals surface area contributed by atoms with Crippen LogP contribution in [0.4, 0.5) is 0 Å². The second-order valence-corrected chi connectivity index (χ2v) is 5.38. The fourth-order valence-corrected chi connectivity index (χ4v) is 2.47. The molecule has 1 fully saturated rings. The summed E-state index contributed by atoms with van der Waals surface area (Å²) in [6, 6.07) is 11.6. The van der Waals surface area contributed by atoms with Gasteiger partial charge in [-0.25, -0.2) is 0 Å². The fraction of sp³-hybridized carbons (Fsp3) is 0.625. The standard InChI is InChI=1S/C16H25N/c1-17-16(13-12-15-10-11-15)9-5-8-14-6-3-2-4-7-14/h2-4,6-7,15-17H,5,8-13H2,1H3. The largest absolute Gasteiger partial charge is 0.317 e. The van der Waals surface area contributed by atoms with E-state index >= 15 is 0 Å². The van der Waals surface area contributed by atoms with E-state index in [1.807, 2.05) is 0 Å². The third-order valence-corrected chi connectivity index (χ3v) is 3.89. The van der Waals surface area contributed by atoms with E-state index in [9.17, 15) is 0 Å². The number of rotatable bonds is 8. The molecule has 1 unspecified atom stereocenters. The highest BCUT2D eigenvalue weighted by molar-refractivity contribution is 5.14. The molecule has 1 nitrogen and oxygen atoms in total. The molecule has 0 aliphatic heterocycles. The van der Waals surface area contributed by atoms with E-state index in [4.69, 9.17) is 0 Å². The van der Waals surface area contributed by atoms with Crippen LogP contribution in [-0.4, -0.2) is 13.1 Å². The minimum Gasteiger partial charge on any atom is -0.317 e. The topological polar surface area (TPSA) is 12.0 Å². The van der Waals surface area contributed by atoms with Crippen LogP contribution in [-0.2, 0) is 6.42 Å². The Balaban J connectivity index is 1.61. The molecule has 1 aromatic rings. The molecule has 0 amide bonds. The summed E-state index contributed by atoms with van der Waals surface area (Å²) in [5.41, 5.74) is 1.48. The van der Waals surface area contributed by atoms with Crippen molar-refractivity contribution >= 4 is 0 Å². The maximum absolute atomic E-state index is 3.47. The number of hydrogen-bond donors (Lipinski definition) is 1. The quantitative estimate of drug-likeness (QED) is 0.718. The first-order chi connectivity index (χ1) is 8.38.